The lowest BCUT2D eigenvalue weighted by Gasteiger charge is -2.47. The molecule has 19 heavy (non-hydrogen) atoms. The van der Waals surface area contributed by atoms with Gasteiger partial charge < -0.3 is 5.32 Å². The Morgan fingerprint density at radius 2 is 1.74 bits per heavy atom. The maximum Gasteiger partial charge on any atom is 0.0362 e. The Morgan fingerprint density at radius 3 is 2.21 bits per heavy atom. The quantitative estimate of drug-likeness (QED) is 0.683. The second-order valence-corrected chi connectivity index (χ2v) is 6.61. The summed E-state index contributed by atoms with van der Waals surface area (Å²) in [7, 11) is 0. The molecule has 112 valence electrons. The molecule has 0 heterocycles. The lowest BCUT2D eigenvalue weighted by Crippen LogP contribution is -2.59. The summed E-state index contributed by atoms with van der Waals surface area (Å²) in [5, 5.41) is 3.86. The van der Waals surface area contributed by atoms with E-state index in [1.807, 2.05) is 0 Å². The second kappa shape index (κ2) is 7.08. The van der Waals surface area contributed by atoms with Crippen LogP contribution in [0.25, 0.3) is 0 Å². The number of rotatable bonds is 9. The van der Waals surface area contributed by atoms with E-state index in [1.54, 1.807) is 0 Å². The SMILES string of the molecule is CCNC(CCC1CC1)C1(N(CC)CC)CCCC1. The first-order chi connectivity index (χ1) is 9.26. The Hall–Kier alpha value is -0.0800. The third kappa shape index (κ3) is 3.52. The maximum absolute atomic E-state index is 3.86. The zero-order valence-corrected chi connectivity index (χ0v) is 13.4. The Bertz CT molecular complexity index is 250. The summed E-state index contributed by atoms with van der Waals surface area (Å²) in [6.45, 7) is 10.5. The van der Waals surface area contributed by atoms with E-state index < -0.39 is 0 Å². The van der Waals surface area contributed by atoms with Crippen LogP contribution in [0.15, 0.2) is 0 Å². The van der Waals surface area contributed by atoms with E-state index in [9.17, 15) is 0 Å². The average molecular weight is 266 g/mol. The Labute approximate surface area is 120 Å². The molecule has 1 N–H and O–H groups in total. The summed E-state index contributed by atoms with van der Waals surface area (Å²) in [5.74, 6) is 1.07. The lowest BCUT2D eigenvalue weighted by molar-refractivity contribution is 0.0589. The van der Waals surface area contributed by atoms with Gasteiger partial charge in [0.05, 0.1) is 0 Å². The summed E-state index contributed by atoms with van der Waals surface area (Å²) >= 11 is 0. The molecule has 2 rings (SSSR count). The molecular formula is C17H34N2. The highest BCUT2D eigenvalue weighted by Crippen LogP contribution is 2.41. The van der Waals surface area contributed by atoms with E-state index in [4.69, 9.17) is 0 Å². The van der Waals surface area contributed by atoms with E-state index in [2.05, 4.69) is 31.0 Å². The van der Waals surface area contributed by atoms with Crippen LogP contribution in [0.2, 0.25) is 0 Å². The van der Waals surface area contributed by atoms with E-state index in [0.717, 1.165) is 18.5 Å². The van der Waals surface area contributed by atoms with Crippen molar-refractivity contribution >= 4 is 0 Å². The predicted molar refractivity (Wildman–Crippen MR) is 83.5 cm³/mol. The fraction of sp³-hybridized carbons (Fsp3) is 1.00. The second-order valence-electron chi connectivity index (χ2n) is 6.61. The number of nitrogens with one attached hydrogen (secondary N) is 1. The molecule has 0 amide bonds. The van der Waals surface area contributed by atoms with Crippen LogP contribution >= 0.6 is 0 Å². The third-order valence-corrected chi connectivity index (χ3v) is 5.52. The molecule has 0 aromatic carbocycles. The first kappa shape index (κ1) is 15.3. The van der Waals surface area contributed by atoms with Crippen LogP contribution in [-0.2, 0) is 0 Å². The van der Waals surface area contributed by atoms with Crippen LogP contribution < -0.4 is 5.32 Å². The van der Waals surface area contributed by atoms with Gasteiger partial charge in [0, 0.05) is 11.6 Å². The van der Waals surface area contributed by atoms with Gasteiger partial charge in [-0.25, -0.2) is 0 Å². The molecular weight excluding hydrogens is 232 g/mol. The average Bonchev–Trinajstić information content (AvgIpc) is 3.13. The van der Waals surface area contributed by atoms with Gasteiger partial charge in [-0.05, 0) is 51.2 Å². The van der Waals surface area contributed by atoms with Crippen LogP contribution in [0.3, 0.4) is 0 Å². The van der Waals surface area contributed by atoms with Crippen molar-refractivity contribution in [1.29, 1.82) is 0 Å². The van der Waals surface area contributed by atoms with E-state index in [0.29, 0.717) is 5.54 Å². The Morgan fingerprint density at radius 1 is 1.11 bits per heavy atom. The number of hydrogen-bond donors (Lipinski definition) is 1. The van der Waals surface area contributed by atoms with Gasteiger partial charge in [0.2, 0.25) is 0 Å². The third-order valence-electron chi connectivity index (χ3n) is 5.52. The maximum atomic E-state index is 3.86. The highest BCUT2D eigenvalue weighted by atomic mass is 15.2. The van der Waals surface area contributed by atoms with Gasteiger partial charge in [-0.3, -0.25) is 4.90 Å². The van der Waals surface area contributed by atoms with Crippen molar-refractivity contribution in [3.8, 4) is 0 Å². The number of likely N-dealkylation sites (N-methyl/N-ethyl adjacent to an activating group) is 2. The number of hydrogen-bond acceptors (Lipinski definition) is 2. The Balaban J connectivity index is 2.06. The van der Waals surface area contributed by atoms with Gasteiger partial charge in [-0.15, -0.1) is 0 Å². The normalized spacial score (nSPS) is 24.0. The summed E-state index contributed by atoms with van der Waals surface area (Å²) in [5.41, 5.74) is 0.467. The van der Waals surface area contributed by atoms with Crippen molar-refractivity contribution in [2.24, 2.45) is 5.92 Å². The first-order valence-electron chi connectivity index (χ1n) is 8.75. The van der Waals surface area contributed by atoms with Gasteiger partial charge in [0.25, 0.3) is 0 Å². The summed E-state index contributed by atoms with van der Waals surface area (Å²) in [6, 6.07) is 0.723. The van der Waals surface area contributed by atoms with Crippen LogP contribution in [0.5, 0.6) is 0 Å². The van der Waals surface area contributed by atoms with Gasteiger partial charge in [-0.2, -0.15) is 0 Å². The fourth-order valence-corrected chi connectivity index (χ4v) is 4.34. The number of nitrogens with zero attached hydrogens (tertiary/aromatic N) is 1. The molecule has 2 fully saturated rings. The fourth-order valence-electron chi connectivity index (χ4n) is 4.34. The molecule has 0 aromatic heterocycles. The van der Waals surface area contributed by atoms with Crippen LogP contribution in [0.4, 0.5) is 0 Å². The lowest BCUT2D eigenvalue weighted by atomic mass is 9.82. The molecule has 0 aromatic rings. The predicted octanol–water partition coefficient (Wildman–Crippen LogP) is 3.81. The van der Waals surface area contributed by atoms with Gasteiger partial charge in [0.15, 0.2) is 0 Å². The minimum Gasteiger partial charge on any atom is -0.312 e. The van der Waals surface area contributed by atoms with Crippen LogP contribution in [-0.4, -0.2) is 36.1 Å². The first-order valence-corrected chi connectivity index (χ1v) is 8.75. The molecule has 0 aliphatic heterocycles. The summed E-state index contributed by atoms with van der Waals surface area (Å²) in [6.07, 6.45) is 11.5. The standard InChI is InChI=1S/C17H34N2/c1-4-18-16(12-11-15-9-10-15)17(13-7-8-14-17)19(5-2)6-3/h15-16,18H,4-14H2,1-3H3. The highest BCUT2D eigenvalue weighted by molar-refractivity contribution is 5.03. The van der Waals surface area contributed by atoms with Gasteiger partial charge in [0.1, 0.15) is 0 Å². The van der Waals surface area contributed by atoms with Crippen molar-refractivity contribution in [1.82, 2.24) is 10.2 Å². The van der Waals surface area contributed by atoms with Crippen molar-refractivity contribution < 1.29 is 0 Å². The van der Waals surface area contributed by atoms with Crippen molar-refractivity contribution in [3.63, 3.8) is 0 Å². The smallest absolute Gasteiger partial charge is 0.0362 e. The largest absolute Gasteiger partial charge is 0.312 e. The summed E-state index contributed by atoms with van der Waals surface area (Å²) in [4.78, 5) is 2.76. The van der Waals surface area contributed by atoms with Crippen LogP contribution in [0, 0.1) is 5.92 Å². The molecule has 0 saturated heterocycles. The molecule has 1 atom stereocenters. The molecule has 2 aliphatic rings. The zero-order chi connectivity index (χ0) is 13.7. The molecule has 2 saturated carbocycles. The molecule has 1 unspecified atom stereocenters. The zero-order valence-electron chi connectivity index (χ0n) is 13.4. The molecule has 2 nitrogen and oxygen atoms in total. The molecule has 0 bridgehead atoms. The van der Waals surface area contributed by atoms with Crippen molar-refractivity contribution in [2.45, 2.75) is 83.7 Å². The minimum atomic E-state index is 0.467. The summed E-state index contributed by atoms with van der Waals surface area (Å²) < 4.78 is 0. The monoisotopic (exact) mass is 266 g/mol. The Kier molecular flexibility index (Phi) is 5.70. The highest BCUT2D eigenvalue weighted by Gasteiger charge is 2.44. The van der Waals surface area contributed by atoms with Gasteiger partial charge >= 0.3 is 0 Å². The van der Waals surface area contributed by atoms with Crippen LogP contribution in [0.1, 0.15) is 72.1 Å². The van der Waals surface area contributed by atoms with Gasteiger partial charge in [-0.1, -0.05) is 46.5 Å². The molecule has 2 heteroatoms. The van der Waals surface area contributed by atoms with E-state index in [-0.39, 0.29) is 0 Å². The van der Waals surface area contributed by atoms with Crippen molar-refractivity contribution in [2.75, 3.05) is 19.6 Å². The minimum absolute atomic E-state index is 0.467. The van der Waals surface area contributed by atoms with E-state index >= 15 is 0 Å². The molecule has 0 radical (unpaired) electrons. The topological polar surface area (TPSA) is 15.3 Å². The molecule has 2 aliphatic carbocycles. The molecule has 0 spiro atoms. The van der Waals surface area contributed by atoms with Crippen molar-refractivity contribution in [3.05, 3.63) is 0 Å². The van der Waals surface area contributed by atoms with E-state index in [1.165, 1.54) is 64.5 Å².